The van der Waals surface area contributed by atoms with Crippen LogP contribution in [0.1, 0.15) is 24.5 Å². The first-order valence-electron chi connectivity index (χ1n) is 9.70. The monoisotopic (exact) mass is 378 g/mol. The minimum absolute atomic E-state index is 0.768. The lowest BCUT2D eigenvalue weighted by Gasteiger charge is -2.29. The van der Waals surface area contributed by atoms with Crippen molar-refractivity contribution in [2.75, 3.05) is 60.7 Å². The Hall–Kier alpha value is -1.99. The summed E-state index contributed by atoms with van der Waals surface area (Å²) in [5.74, 6) is 2.45. The maximum absolute atomic E-state index is 5.44. The van der Waals surface area contributed by atoms with Crippen LogP contribution in [0.25, 0.3) is 0 Å². The van der Waals surface area contributed by atoms with Gasteiger partial charge in [-0.3, -0.25) is 9.89 Å². The number of aliphatic imine (C=N–C) groups is 1. The van der Waals surface area contributed by atoms with Crippen molar-refractivity contribution in [1.29, 1.82) is 0 Å². The topological polar surface area (TPSA) is 67.4 Å². The van der Waals surface area contributed by atoms with Gasteiger partial charge in [-0.2, -0.15) is 0 Å². The molecule has 0 saturated heterocycles. The van der Waals surface area contributed by atoms with Crippen molar-refractivity contribution in [3.8, 4) is 11.5 Å². The molecule has 0 atom stereocenters. The second kappa shape index (κ2) is 11.7. The maximum atomic E-state index is 5.44. The summed E-state index contributed by atoms with van der Waals surface area (Å²) in [5, 5.41) is 6.70. The lowest BCUT2D eigenvalue weighted by Crippen LogP contribution is -2.43. The predicted octanol–water partition coefficient (Wildman–Crippen LogP) is 1.65. The fourth-order valence-electron chi connectivity index (χ4n) is 3.21. The molecule has 1 heterocycles. The number of nitrogens with one attached hydrogen (secondary N) is 2. The lowest BCUT2D eigenvalue weighted by molar-refractivity contribution is 0.145. The molecule has 7 heteroatoms. The van der Waals surface area contributed by atoms with Gasteiger partial charge in [-0.05, 0) is 43.0 Å². The van der Waals surface area contributed by atoms with Gasteiger partial charge in [0.1, 0.15) is 0 Å². The van der Waals surface area contributed by atoms with Gasteiger partial charge < -0.3 is 24.8 Å². The highest BCUT2D eigenvalue weighted by Gasteiger charge is 2.19. The number of hydrogen-bond donors (Lipinski definition) is 2. The molecule has 0 spiro atoms. The molecule has 1 aliphatic rings. The number of benzene rings is 1. The molecule has 0 amide bonds. The first-order valence-corrected chi connectivity index (χ1v) is 9.70. The van der Waals surface area contributed by atoms with Gasteiger partial charge in [-0.1, -0.05) is 0 Å². The average molecular weight is 379 g/mol. The Kier molecular flexibility index (Phi) is 9.21. The molecule has 1 aromatic rings. The van der Waals surface area contributed by atoms with E-state index in [1.54, 1.807) is 21.3 Å². The van der Waals surface area contributed by atoms with E-state index in [9.17, 15) is 0 Å². The van der Waals surface area contributed by atoms with E-state index in [-0.39, 0.29) is 0 Å². The zero-order chi connectivity index (χ0) is 19.5. The molecular weight excluding hydrogens is 344 g/mol. The van der Waals surface area contributed by atoms with Gasteiger partial charge in [0.15, 0.2) is 17.5 Å². The highest BCUT2D eigenvalue weighted by Crippen LogP contribution is 2.33. The van der Waals surface area contributed by atoms with Crippen molar-refractivity contribution in [3.05, 3.63) is 23.3 Å². The van der Waals surface area contributed by atoms with E-state index in [0.717, 1.165) is 76.2 Å². The molecule has 0 unspecified atom stereocenters. The molecule has 2 rings (SSSR count). The average Bonchev–Trinajstić information content (AvgIpc) is 2.71. The Bertz CT molecular complexity index is 607. The Morgan fingerprint density at radius 2 is 1.81 bits per heavy atom. The molecular formula is C20H34N4O3. The first kappa shape index (κ1) is 21.3. The van der Waals surface area contributed by atoms with Crippen LogP contribution < -0.4 is 20.1 Å². The molecule has 7 nitrogen and oxygen atoms in total. The minimum atomic E-state index is 0.768. The maximum Gasteiger partial charge on any atom is 0.191 e. The molecule has 0 aliphatic carbocycles. The highest BCUT2D eigenvalue weighted by atomic mass is 16.5. The van der Waals surface area contributed by atoms with Gasteiger partial charge in [-0.15, -0.1) is 0 Å². The van der Waals surface area contributed by atoms with Gasteiger partial charge in [0.2, 0.25) is 0 Å². The summed E-state index contributed by atoms with van der Waals surface area (Å²) in [6.07, 6.45) is 2.00. The van der Waals surface area contributed by atoms with E-state index < -0.39 is 0 Å². The Morgan fingerprint density at radius 1 is 1.11 bits per heavy atom. The van der Waals surface area contributed by atoms with E-state index in [0.29, 0.717) is 0 Å². The van der Waals surface area contributed by atoms with E-state index in [1.165, 1.54) is 11.1 Å². The molecule has 0 saturated carbocycles. The summed E-state index contributed by atoms with van der Waals surface area (Å²) < 4.78 is 16.2. The van der Waals surface area contributed by atoms with Crippen molar-refractivity contribution in [1.82, 2.24) is 15.5 Å². The normalized spacial score (nSPS) is 14.6. The predicted molar refractivity (Wildman–Crippen MR) is 109 cm³/mol. The third kappa shape index (κ3) is 6.59. The lowest BCUT2D eigenvalue weighted by atomic mass is 9.99. The van der Waals surface area contributed by atoms with Crippen LogP contribution in [0.3, 0.4) is 0 Å². The molecule has 0 bridgehead atoms. The van der Waals surface area contributed by atoms with Crippen molar-refractivity contribution < 1.29 is 14.2 Å². The van der Waals surface area contributed by atoms with Gasteiger partial charge in [-0.25, -0.2) is 0 Å². The first-order chi connectivity index (χ1) is 13.2. The van der Waals surface area contributed by atoms with Crippen LogP contribution in [-0.4, -0.2) is 71.5 Å². The van der Waals surface area contributed by atoms with E-state index in [4.69, 9.17) is 14.2 Å². The van der Waals surface area contributed by atoms with Gasteiger partial charge >= 0.3 is 0 Å². The van der Waals surface area contributed by atoms with Gasteiger partial charge in [0, 0.05) is 53.0 Å². The molecule has 2 N–H and O–H groups in total. The van der Waals surface area contributed by atoms with Crippen LogP contribution in [0.2, 0.25) is 0 Å². The molecule has 152 valence electrons. The zero-order valence-corrected chi connectivity index (χ0v) is 17.1. The number of fused-ring (bicyclic) bond motifs is 1. The summed E-state index contributed by atoms with van der Waals surface area (Å²) in [4.78, 5) is 6.72. The van der Waals surface area contributed by atoms with Crippen molar-refractivity contribution in [2.45, 2.75) is 26.3 Å². The number of guanidine groups is 1. The highest BCUT2D eigenvalue weighted by molar-refractivity contribution is 5.79. The minimum Gasteiger partial charge on any atom is -0.493 e. The number of ether oxygens (including phenoxy) is 3. The molecule has 27 heavy (non-hydrogen) atoms. The van der Waals surface area contributed by atoms with E-state index in [1.807, 2.05) is 6.92 Å². The molecule has 1 aromatic carbocycles. The number of nitrogens with zero attached hydrogens (tertiary/aromatic N) is 2. The SMILES string of the molecule is CCOCCCNC(=NC)NCCN1CCc2cc(OC)c(OC)cc2C1. The summed E-state index contributed by atoms with van der Waals surface area (Å²) in [5.41, 5.74) is 2.67. The third-order valence-corrected chi connectivity index (χ3v) is 4.70. The van der Waals surface area contributed by atoms with Crippen LogP contribution >= 0.6 is 0 Å². The fraction of sp³-hybridized carbons (Fsp3) is 0.650. The third-order valence-electron chi connectivity index (χ3n) is 4.70. The van der Waals surface area contributed by atoms with Crippen LogP contribution in [0.5, 0.6) is 11.5 Å². The number of rotatable bonds is 10. The van der Waals surface area contributed by atoms with E-state index in [2.05, 4.69) is 32.7 Å². The molecule has 0 aromatic heterocycles. The number of hydrogen-bond acceptors (Lipinski definition) is 5. The second-order valence-electron chi connectivity index (χ2n) is 6.48. The van der Waals surface area contributed by atoms with Crippen LogP contribution in [0.4, 0.5) is 0 Å². The number of methoxy groups -OCH3 is 2. The summed E-state index contributed by atoms with van der Waals surface area (Å²) in [6.45, 7) is 8.22. The Balaban J connectivity index is 1.76. The van der Waals surface area contributed by atoms with Crippen LogP contribution in [-0.2, 0) is 17.7 Å². The van der Waals surface area contributed by atoms with Crippen molar-refractivity contribution >= 4 is 5.96 Å². The largest absolute Gasteiger partial charge is 0.493 e. The van der Waals surface area contributed by atoms with Gasteiger partial charge in [0.25, 0.3) is 0 Å². The van der Waals surface area contributed by atoms with Crippen LogP contribution in [0, 0.1) is 0 Å². The van der Waals surface area contributed by atoms with Crippen molar-refractivity contribution in [3.63, 3.8) is 0 Å². The summed E-state index contributed by atoms with van der Waals surface area (Å²) in [6, 6.07) is 4.21. The van der Waals surface area contributed by atoms with Crippen LogP contribution in [0.15, 0.2) is 17.1 Å². The standard InChI is InChI=1S/C20H34N4O3/c1-5-27-12-6-8-22-20(21-2)23-9-11-24-10-7-16-13-18(25-3)19(26-4)14-17(16)15-24/h13-14H,5-12,15H2,1-4H3,(H2,21,22,23). The summed E-state index contributed by atoms with van der Waals surface area (Å²) in [7, 11) is 5.17. The zero-order valence-electron chi connectivity index (χ0n) is 17.1. The fourth-order valence-corrected chi connectivity index (χ4v) is 3.21. The molecule has 1 aliphatic heterocycles. The van der Waals surface area contributed by atoms with Gasteiger partial charge in [0.05, 0.1) is 14.2 Å². The Labute approximate surface area is 163 Å². The molecule has 0 radical (unpaired) electrons. The Morgan fingerprint density at radius 3 is 2.48 bits per heavy atom. The quantitative estimate of drug-likeness (QED) is 0.367. The molecule has 0 fully saturated rings. The van der Waals surface area contributed by atoms with E-state index >= 15 is 0 Å². The smallest absolute Gasteiger partial charge is 0.191 e. The second-order valence-corrected chi connectivity index (χ2v) is 6.48. The van der Waals surface area contributed by atoms with Crippen molar-refractivity contribution in [2.24, 2.45) is 4.99 Å². The summed E-state index contributed by atoms with van der Waals surface area (Å²) >= 11 is 0.